The average molecular weight is 291 g/mol. The van der Waals surface area contributed by atoms with Gasteiger partial charge in [0.2, 0.25) is 11.8 Å². The van der Waals surface area contributed by atoms with Gasteiger partial charge in [-0.2, -0.15) is 4.39 Å². The van der Waals surface area contributed by atoms with E-state index in [9.17, 15) is 31.1 Å². The first-order chi connectivity index (χ1) is 9.36. The summed E-state index contributed by atoms with van der Waals surface area (Å²) in [6, 6.07) is 1.34. The van der Waals surface area contributed by atoms with Crippen molar-refractivity contribution in [2.75, 3.05) is 0 Å². The molecule has 20 heavy (non-hydrogen) atoms. The second kappa shape index (κ2) is 4.95. The van der Waals surface area contributed by atoms with Crippen LogP contribution in [0.3, 0.4) is 0 Å². The molecule has 0 saturated heterocycles. The number of carbonyl (C=O) groups excluding carboxylic acids is 1. The van der Waals surface area contributed by atoms with Crippen molar-refractivity contribution >= 4 is 6.29 Å². The molecule has 0 bridgehead atoms. The summed E-state index contributed by atoms with van der Waals surface area (Å²) in [6.45, 7) is 0. The Bertz CT molecular complexity index is 687. The van der Waals surface area contributed by atoms with Crippen LogP contribution in [-0.4, -0.2) is 11.3 Å². The molecule has 0 saturated carbocycles. The van der Waals surface area contributed by atoms with E-state index in [1.54, 1.807) is 0 Å². The fraction of sp³-hybridized carbons (Fsp3) is 0. The largest absolute Gasteiger partial charge is 0.298 e. The van der Waals surface area contributed by atoms with Gasteiger partial charge >= 0.3 is 0 Å². The fourth-order valence-electron chi connectivity index (χ4n) is 1.54. The minimum absolute atomic E-state index is 0.139. The van der Waals surface area contributed by atoms with E-state index in [2.05, 4.69) is 4.98 Å². The van der Waals surface area contributed by atoms with Crippen molar-refractivity contribution in [2.24, 2.45) is 0 Å². The summed E-state index contributed by atoms with van der Waals surface area (Å²) in [4.78, 5) is 13.5. The van der Waals surface area contributed by atoms with Crippen LogP contribution in [0.5, 0.6) is 0 Å². The van der Waals surface area contributed by atoms with Gasteiger partial charge in [0.1, 0.15) is 6.29 Å². The highest BCUT2D eigenvalue weighted by molar-refractivity contribution is 5.77. The molecule has 0 fully saturated rings. The average Bonchev–Trinajstić information content (AvgIpc) is 2.42. The van der Waals surface area contributed by atoms with Gasteiger partial charge in [-0.05, 0) is 6.07 Å². The number of aromatic nitrogens is 1. The topological polar surface area (TPSA) is 30.0 Å². The maximum Gasteiger partial charge on any atom is 0.214 e. The van der Waals surface area contributed by atoms with Gasteiger partial charge in [-0.15, -0.1) is 0 Å². The lowest BCUT2D eigenvalue weighted by molar-refractivity contribution is 0.112. The molecule has 0 aliphatic heterocycles. The number of benzene rings is 1. The summed E-state index contributed by atoms with van der Waals surface area (Å²) in [6.07, 6.45) is 0.139. The van der Waals surface area contributed by atoms with Crippen LogP contribution in [0.4, 0.5) is 26.3 Å². The molecule has 2 nitrogen and oxygen atoms in total. The Kier molecular flexibility index (Phi) is 3.47. The number of hydrogen-bond acceptors (Lipinski definition) is 2. The second-order valence-corrected chi connectivity index (χ2v) is 3.67. The molecule has 1 aromatic carbocycles. The minimum atomic E-state index is -2.34. The molecule has 2 rings (SSSR count). The van der Waals surface area contributed by atoms with Crippen molar-refractivity contribution in [3.8, 4) is 11.3 Å². The van der Waals surface area contributed by atoms with E-state index in [-0.39, 0.29) is 11.8 Å². The molecule has 0 N–H and O–H groups in total. The number of carbonyl (C=O) groups is 1. The minimum Gasteiger partial charge on any atom is -0.298 e. The van der Waals surface area contributed by atoms with Crippen molar-refractivity contribution in [3.05, 3.63) is 52.7 Å². The highest BCUT2D eigenvalue weighted by Crippen LogP contribution is 2.30. The summed E-state index contributed by atoms with van der Waals surface area (Å²) >= 11 is 0. The molecule has 0 aliphatic rings. The summed E-state index contributed by atoms with van der Waals surface area (Å²) in [7, 11) is 0. The van der Waals surface area contributed by atoms with E-state index in [1.807, 2.05) is 0 Å². The molecule has 8 heteroatoms. The van der Waals surface area contributed by atoms with E-state index in [1.165, 1.54) is 0 Å². The Balaban J connectivity index is 2.83. The Morgan fingerprint density at radius 3 is 1.80 bits per heavy atom. The van der Waals surface area contributed by atoms with Crippen LogP contribution in [-0.2, 0) is 0 Å². The number of rotatable bonds is 2. The zero-order valence-electron chi connectivity index (χ0n) is 9.36. The van der Waals surface area contributed by atoms with Gasteiger partial charge in [0.25, 0.3) is 0 Å². The lowest BCUT2D eigenvalue weighted by Crippen LogP contribution is -2.05. The van der Waals surface area contributed by atoms with Crippen molar-refractivity contribution in [1.82, 2.24) is 4.98 Å². The number of halogens is 6. The maximum atomic E-state index is 13.5. The van der Waals surface area contributed by atoms with Crippen molar-refractivity contribution < 1.29 is 31.1 Å². The third-order valence-electron chi connectivity index (χ3n) is 2.42. The van der Waals surface area contributed by atoms with E-state index < -0.39 is 46.3 Å². The third-order valence-corrected chi connectivity index (χ3v) is 2.42. The molecule has 1 aromatic heterocycles. The van der Waals surface area contributed by atoms with Crippen LogP contribution in [0, 0.1) is 35.0 Å². The monoisotopic (exact) mass is 291 g/mol. The Morgan fingerprint density at radius 2 is 1.30 bits per heavy atom. The standard InChI is InChI=1S/C12H3F6NO/c13-6-2-4(3-20)1-5(19-6)7-8(14)10(16)12(18)11(17)9(7)15/h1-3H. The number of aldehydes is 1. The van der Waals surface area contributed by atoms with E-state index in [0.717, 1.165) is 0 Å². The van der Waals surface area contributed by atoms with Gasteiger partial charge in [-0.25, -0.2) is 26.9 Å². The van der Waals surface area contributed by atoms with Crippen LogP contribution in [0.2, 0.25) is 0 Å². The lowest BCUT2D eigenvalue weighted by atomic mass is 10.1. The second-order valence-electron chi connectivity index (χ2n) is 3.67. The molecule has 0 aliphatic carbocycles. The molecule has 0 atom stereocenters. The van der Waals surface area contributed by atoms with Gasteiger partial charge in [0, 0.05) is 11.6 Å². The zero-order valence-corrected chi connectivity index (χ0v) is 9.36. The van der Waals surface area contributed by atoms with Crippen molar-refractivity contribution in [1.29, 1.82) is 0 Å². The van der Waals surface area contributed by atoms with Crippen LogP contribution in [0.1, 0.15) is 10.4 Å². The highest BCUT2D eigenvalue weighted by atomic mass is 19.2. The van der Waals surface area contributed by atoms with Gasteiger partial charge in [0.15, 0.2) is 23.3 Å². The van der Waals surface area contributed by atoms with E-state index in [0.29, 0.717) is 12.1 Å². The first kappa shape index (κ1) is 14.0. The van der Waals surface area contributed by atoms with Crippen LogP contribution in [0.15, 0.2) is 12.1 Å². The van der Waals surface area contributed by atoms with Crippen LogP contribution < -0.4 is 0 Å². The van der Waals surface area contributed by atoms with Gasteiger partial charge < -0.3 is 0 Å². The molecule has 0 amide bonds. The Morgan fingerprint density at radius 1 is 0.800 bits per heavy atom. The molecule has 0 spiro atoms. The van der Waals surface area contributed by atoms with E-state index in [4.69, 9.17) is 0 Å². The lowest BCUT2D eigenvalue weighted by Gasteiger charge is -2.08. The summed E-state index contributed by atoms with van der Waals surface area (Å²) in [5.74, 6) is -12.3. The molecule has 2 aromatic rings. The molecule has 1 heterocycles. The van der Waals surface area contributed by atoms with Gasteiger partial charge in [-0.3, -0.25) is 4.79 Å². The zero-order chi connectivity index (χ0) is 15.0. The Hall–Kier alpha value is -2.38. The predicted octanol–water partition coefficient (Wildman–Crippen LogP) is 3.40. The highest BCUT2D eigenvalue weighted by Gasteiger charge is 2.27. The predicted molar refractivity (Wildman–Crippen MR) is 54.8 cm³/mol. The summed E-state index contributed by atoms with van der Waals surface area (Å²) in [5, 5.41) is 0. The molecule has 0 unspecified atom stereocenters. The van der Waals surface area contributed by atoms with Crippen LogP contribution in [0.25, 0.3) is 11.3 Å². The van der Waals surface area contributed by atoms with Crippen LogP contribution >= 0.6 is 0 Å². The first-order valence-corrected chi connectivity index (χ1v) is 5.01. The van der Waals surface area contributed by atoms with E-state index >= 15 is 0 Å². The quantitative estimate of drug-likeness (QED) is 0.279. The number of pyridine rings is 1. The third kappa shape index (κ3) is 2.13. The Labute approximate surface area is 107 Å². The summed E-state index contributed by atoms with van der Waals surface area (Å²) in [5.41, 5.74) is -2.64. The van der Waals surface area contributed by atoms with Crippen molar-refractivity contribution in [2.45, 2.75) is 0 Å². The molecule has 104 valence electrons. The number of nitrogens with zero attached hydrogens (tertiary/aromatic N) is 1. The van der Waals surface area contributed by atoms with Gasteiger partial charge in [-0.1, -0.05) is 0 Å². The fourth-order valence-corrected chi connectivity index (χ4v) is 1.54. The first-order valence-electron chi connectivity index (χ1n) is 5.01. The molecule has 0 radical (unpaired) electrons. The normalized spacial score (nSPS) is 10.7. The smallest absolute Gasteiger partial charge is 0.214 e. The van der Waals surface area contributed by atoms with Crippen molar-refractivity contribution in [3.63, 3.8) is 0 Å². The number of hydrogen-bond donors (Lipinski definition) is 0. The maximum absolute atomic E-state index is 13.5. The molecular weight excluding hydrogens is 288 g/mol. The molecular formula is C12H3F6NO. The SMILES string of the molecule is O=Cc1cc(F)nc(-c2c(F)c(F)c(F)c(F)c2F)c1. The summed E-state index contributed by atoms with van der Waals surface area (Å²) < 4.78 is 78.9. The van der Waals surface area contributed by atoms with Gasteiger partial charge in [0.05, 0.1) is 11.3 Å².